The molecular formula is C11H22N2O3. The van der Waals surface area contributed by atoms with Crippen molar-refractivity contribution in [1.82, 2.24) is 5.32 Å². The van der Waals surface area contributed by atoms with Crippen molar-refractivity contribution in [2.75, 3.05) is 6.54 Å². The highest BCUT2D eigenvalue weighted by Gasteiger charge is 2.19. The number of carboxylic acids is 1. The van der Waals surface area contributed by atoms with Crippen molar-refractivity contribution in [3.05, 3.63) is 0 Å². The van der Waals surface area contributed by atoms with Crippen molar-refractivity contribution in [1.29, 1.82) is 0 Å². The average molecular weight is 230 g/mol. The summed E-state index contributed by atoms with van der Waals surface area (Å²) in [5.41, 5.74) is 5.60. The van der Waals surface area contributed by atoms with E-state index in [2.05, 4.69) is 5.32 Å². The zero-order chi connectivity index (χ0) is 12.6. The second kappa shape index (κ2) is 8.10. The first-order valence-corrected chi connectivity index (χ1v) is 5.79. The van der Waals surface area contributed by atoms with Gasteiger partial charge in [-0.05, 0) is 12.8 Å². The largest absolute Gasteiger partial charge is 0.481 e. The predicted molar refractivity (Wildman–Crippen MR) is 61.9 cm³/mol. The SMILES string of the molecule is CCCC(CNC(=O)[C@@H](N)CCC)C(=O)O. The van der Waals surface area contributed by atoms with Crippen LogP contribution >= 0.6 is 0 Å². The molecule has 0 aromatic carbocycles. The highest BCUT2D eigenvalue weighted by Crippen LogP contribution is 2.05. The molecule has 0 aliphatic heterocycles. The normalized spacial score (nSPS) is 14.2. The Labute approximate surface area is 96.4 Å². The fourth-order valence-corrected chi connectivity index (χ4v) is 1.46. The van der Waals surface area contributed by atoms with Crippen LogP contribution in [0.4, 0.5) is 0 Å². The topological polar surface area (TPSA) is 92.4 Å². The molecule has 0 fully saturated rings. The van der Waals surface area contributed by atoms with Crippen molar-refractivity contribution in [3.63, 3.8) is 0 Å². The van der Waals surface area contributed by atoms with E-state index < -0.39 is 17.9 Å². The van der Waals surface area contributed by atoms with Gasteiger partial charge in [0.2, 0.25) is 5.91 Å². The molecule has 0 saturated carbocycles. The van der Waals surface area contributed by atoms with Crippen molar-refractivity contribution in [2.45, 2.75) is 45.6 Å². The lowest BCUT2D eigenvalue weighted by Crippen LogP contribution is -2.43. The van der Waals surface area contributed by atoms with Crippen LogP contribution in [-0.2, 0) is 9.59 Å². The molecule has 1 unspecified atom stereocenters. The van der Waals surface area contributed by atoms with Crippen molar-refractivity contribution >= 4 is 11.9 Å². The van der Waals surface area contributed by atoms with Gasteiger partial charge in [-0.2, -0.15) is 0 Å². The third kappa shape index (κ3) is 5.70. The fourth-order valence-electron chi connectivity index (χ4n) is 1.46. The molecular weight excluding hydrogens is 208 g/mol. The quantitative estimate of drug-likeness (QED) is 0.573. The van der Waals surface area contributed by atoms with Crippen LogP contribution in [0.2, 0.25) is 0 Å². The zero-order valence-electron chi connectivity index (χ0n) is 10.0. The molecule has 1 amide bonds. The molecule has 0 aromatic heterocycles. The second-order valence-electron chi connectivity index (χ2n) is 3.96. The minimum Gasteiger partial charge on any atom is -0.481 e. The Kier molecular flexibility index (Phi) is 7.54. The summed E-state index contributed by atoms with van der Waals surface area (Å²) in [5, 5.41) is 11.5. The van der Waals surface area contributed by atoms with E-state index >= 15 is 0 Å². The predicted octanol–water partition coefficient (Wildman–Crippen LogP) is 0.731. The molecule has 0 spiro atoms. The van der Waals surface area contributed by atoms with Crippen LogP contribution in [0.25, 0.3) is 0 Å². The van der Waals surface area contributed by atoms with Crippen molar-refractivity contribution < 1.29 is 14.7 Å². The maximum Gasteiger partial charge on any atom is 0.308 e. The summed E-state index contributed by atoms with van der Waals surface area (Å²) < 4.78 is 0. The molecule has 94 valence electrons. The van der Waals surface area contributed by atoms with E-state index in [1.54, 1.807) is 0 Å². The Balaban J connectivity index is 4.00. The zero-order valence-corrected chi connectivity index (χ0v) is 10.0. The van der Waals surface area contributed by atoms with Gasteiger partial charge >= 0.3 is 5.97 Å². The van der Waals surface area contributed by atoms with Crippen molar-refractivity contribution in [3.8, 4) is 0 Å². The lowest BCUT2D eigenvalue weighted by molar-refractivity contribution is -0.142. The van der Waals surface area contributed by atoms with Gasteiger partial charge < -0.3 is 16.2 Å². The summed E-state index contributed by atoms with van der Waals surface area (Å²) in [6, 6.07) is -0.527. The van der Waals surface area contributed by atoms with E-state index in [-0.39, 0.29) is 12.5 Å². The van der Waals surface area contributed by atoms with Gasteiger partial charge in [0.05, 0.1) is 12.0 Å². The van der Waals surface area contributed by atoms with Gasteiger partial charge in [0.15, 0.2) is 0 Å². The van der Waals surface area contributed by atoms with Crippen LogP contribution in [0.15, 0.2) is 0 Å². The molecule has 0 bridgehead atoms. The van der Waals surface area contributed by atoms with Crippen LogP contribution in [0, 0.1) is 5.92 Å². The Hall–Kier alpha value is -1.10. The Morgan fingerprint density at radius 3 is 2.25 bits per heavy atom. The Morgan fingerprint density at radius 1 is 1.25 bits per heavy atom. The molecule has 0 aliphatic rings. The van der Waals surface area contributed by atoms with E-state index in [0.29, 0.717) is 12.8 Å². The van der Waals surface area contributed by atoms with Gasteiger partial charge in [0.1, 0.15) is 0 Å². The van der Waals surface area contributed by atoms with Crippen LogP contribution in [0.5, 0.6) is 0 Å². The maximum absolute atomic E-state index is 11.4. The van der Waals surface area contributed by atoms with Crippen molar-refractivity contribution in [2.24, 2.45) is 11.7 Å². The monoisotopic (exact) mass is 230 g/mol. The first-order chi connectivity index (χ1) is 7.52. The summed E-state index contributed by atoms with van der Waals surface area (Å²) in [6.45, 7) is 4.03. The minimum atomic E-state index is -0.869. The van der Waals surface area contributed by atoms with Crippen LogP contribution in [0.3, 0.4) is 0 Å². The number of nitrogens with two attached hydrogens (primary N) is 1. The summed E-state index contributed by atoms with van der Waals surface area (Å²) in [7, 11) is 0. The summed E-state index contributed by atoms with van der Waals surface area (Å²) in [6.07, 6.45) is 2.82. The number of aliphatic carboxylic acids is 1. The molecule has 4 N–H and O–H groups in total. The molecule has 0 rings (SSSR count). The third-order valence-corrected chi connectivity index (χ3v) is 2.45. The number of carbonyl (C=O) groups excluding carboxylic acids is 1. The summed E-state index contributed by atoms with van der Waals surface area (Å²) in [5.74, 6) is -1.64. The highest BCUT2D eigenvalue weighted by molar-refractivity contribution is 5.82. The van der Waals surface area contributed by atoms with E-state index in [1.165, 1.54) is 0 Å². The van der Waals surface area contributed by atoms with E-state index in [0.717, 1.165) is 12.8 Å². The number of carbonyl (C=O) groups is 2. The van der Waals surface area contributed by atoms with Gasteiger partial charge in [-0.25, -0.2) is 0 Å². The Bertz CT molecular complexity index is 231. The highest BCUT2D eigenvalue weighted by atomic mass is 16.4. The second-order valence-corrected chi connectivity index (χ2v) is 3.96. The Morgan fingerprint density at radius 2 is 1.81 bits per heavy atom. The smallest absolute Gasteiger partial charge is 0.308 e. The number of carboxylic acid groups (broad SMARTS) is 1. The van der Waals surface area contributed by atoms with Gasteiger partial charge in [-0.3, -0.25) is 9.59 Å². The van der Waals surface area contributed by atoms with Crippen LogP contribution < -0.4 is 11.1 Å². The minimum absolute atomic E-state index is 0.166. The molecule has 0 radical (unpaired) electrons. The van der Waals surface area contributed by atoms with Crippen LogP contribution in [0.1, 0.15) is 39.5 Å². The number of rotatable bonds is 8. The standard InChI is InChI=1S/C11H22N2O3/c1-3-5-8(11(15)16)7-13-10(14)9(12)6-4-2/h8-9H,3-7,12H2,1-2H3,(H,13,14)(H,15,16)/t8?,9-/m0/s1. The molecule has 0 aliphatic carbocycles. The van der Waals surface area contributed by atoms with Crippen LogP contribution in [-0.4, -0.2) is 29.6 Å². The molecule has 0 saturated heterocycles. The number of hydrogen-bond donors (Lipinski definition) is 3. The molecule has 0 heterocycles. The fraction of sp³-hybridized carbons (Fsp3) is 0.818. The van der Waals surface area contributed by atoms with Gasteiger partial charge in [-0.1, -0.05) is 26.7 Å². The first kappa shape index (κ1) is 14.9. The van der Waals surface area contributed by atoms with Gasteiger partial charge in [-0.15, -0.1) is 0 Å². The number of hydrogen-bond acceptors (Lipinski definition) is 3. The lowest BCUT2D eigenvalue weighted by Gasteiger charge is -2.15. The van der Waals surface area contributed by atoms with Gasteiger partial charge in [0, 0.05) is 6.54 Å². The summed E-state index contributed by atoms with van der Waals surface area (Å²) in [4.78, 5) is 22.3. The molecule has 0 aromatic rings. The number of amides is 1. The van der Waals surface area contributed by atoms with E-state index in [1.807, 2.05) is 13.8 Å². The molecule has 5 nitrogen and oxygen atoms in total. The van der Waals surface area contributed by atoms with Gasteiger partial charge in [0.25, 0.3) is 0 Å². The summed E-state index contributed by atoms with van der Waals surface area (Å²) >= 11 is 0. The van der Waals surface area contributed by atoms with E-state index in [4.69, 9.17) is 10.8 Å². The third-order valence-electron chi connectivity index (χ3n) is 2.45. The molecule has 5 heteroatoms. The molecule has 16 heavy (non-hydrogen) atoms. The first-order valence-electron chi connectivity index (χ1n) is 5.79. The maximum atomic E-state index is 11.4. The molecule has 2 atom stereocenters. The average Bonchev–Trinajstić information content (AvgIpc) is 2.23. The van der Waals surface area contributed by atoms with E-state index in [9.17, 15) is 9.59 Å². The number of nitrogens with one attached hydrogen (secondary N) is 1. The lowest BCUT2D eigenvalue weighted by atomic mass is 10.0.